The van der Waals surface area contributed by atoms with Crippen molar-refractivity contribution in [3.8, 4) is 0 Å². The average molecular weight is 300 g/mol. The monoisotopic (exact) mass is 300 g/mol. The Kier molecular flexibility index (Phi) is 7.38. The van der Waals surface area contributed by atoms with Crippen molar-refractivity contribution < 1.29 is 9.53 Å². The lowest BCUT2D eigenvalue weighted by molar-refractivity contribution is -0.116. The van der Waals surface area contributed by atoms with E-state index in [1.54, 1.807) is 0 Å². The minimum absolute atomic E-state index is 0.221. The third kappa shape index (κ3) is 5.42. The van der Waals surface area contributed by atoms with E-state index in [9.17, 15) is 4.79 Å². The van der Waals surface area contributed by atoms with E-state index in [1.165, 1.54) is 37.7 Å². The quantitative estimate of drug-likeness (QED) is 0.597. The summed E-state index contributed by atoms with van der Waals surface area (Å²) in [6, 6.07) is 10.3. The van der Waals surface area contributed by atoms with Gasteiger partial charge < -0.3 is 4.74 Å². The first kappa shape index (κ1) is 17.0. The fourth-order valence-corrected chi connectivity index (χ4v) is 2.93. The lowest BCUT2D eigenvalue weighted by Gasteiger charge is -2.21. The summed E-state index contributed by atoms with van der Waals surface area (Å²) in [4.78, 5) is 12.3. The van der Waals surface area contributed by atoms with Crippen LogP contribution in [-0.4, -0.2) is 19.0 Å². The number of carbonyl (C=O) groups excluding carboxylic acids is 1. The first-order chi connectivity index (χ1) is 10.8. The van der Waals surface area contributed by atoms with Gasteiger partial charge in [-0.25, -0.2) is 0 Å². The second-order valence-corrected chi connectivity index (χ2v) is 6.17. The molecule has 2 rings (SSSR count). The van der Waals surface area contributed by atoms with Crippen molar-refractivity contribution in [2.75, 3.05) is 13.2 Å². The van der Waals surface area contributed by atoms with Crippen LogP contribution in [0.25, 0.3) is 0 Å². The van der Waals surface area contributed by atoms with Gasteiger partial charge in [0, 0.05) is 17.9 Å². The largest absolute Gasteiger partial charge is 0.376 e. The number of hydrogen-bond acceptors (Lipinski definition) is 2. The molecule has 2 heteroatoms. The fourth-order valence-electron chi connectivity index (χ4n) is 2.93. The second kappa shape index (κ2) is 9.58. The van der Waals surface area contributed by atoms with Crippen LogP contribution in [0, 0.1) is 0 Å². The molecule has 0 bridgehead atoms. The summed E-state index contributed by atoms with van der Waals surface area (Å²) in [5.74, 6) is 0.495. The van der Waals surface area contributed by atoms with E-state index in [0.717, 1.165) is 12.0 Å². The van der Waals surface area contributed by atoms with Crippen LogP contribution in [0.1, 0.15) is 63.4 Å². The number of rotatable bonds is 9. The van der Waals surface area contributed by atoms with E-state index in [2.05, 4.69) is 25.1 Å². The molecule has 0 aliphatic carbocycles. The van der Waals surface area contributed by atoms with Crippen molar-refractivity contribution in [3.63, 3.8) is 0 Å². The zero-order chi connectivity index (χ0) is 15.6. The Balaban J connectivity index is 1.80. The van der Waals surface area contributed by atoms with Gasteiger partial charge in [0.05, 0.1) is 13.2 Å². The number of ether oxygens (including phenoxy) is 1. The molecule has 0 spiro atoms. The molecule has 1 aliphatic rings. The maximum Gasteiger partial charge on any atom is 0.160 e. The van der Waals surface area contributed by atoms with Gasteiger partial charge in [-0.2, -0.15) is 0 Å². The minimum Gasteiger partial charge on any atom is -0.376 e. The van der Waals surface area contributed by atoms with Gasteiger partial charge in [-0.05, 0) is 12.0 Å². The molecule has 0 radical (unpaired) electrons. The third-order valence-electron chi connectivity index (χ3n) is 4.30. The second-order valence-electron chi connectivity index (χ2n) is 6.17. The Labute approximate surface area is 134 Å². The van der Waals surface area contributed by atoms with Gasteiger partial charge in [0.1, 0.15) is 0 Å². The standard InChI is InChI=1S/C20H28O2/c1-2-3-4-5-6-10-13-20(21)19-14-18(15-22-16-19)17-11-8-7-9-12-17/h7-9,11-12,14,18H,2-6,10,13,15-16H2,1H3. The molecule has 0 fully saturated rings. The highest BCUT2D eigenvalue weighted by molar-refractivity contribution is 5.95. The minimum atomic E-state index is 0.221. The van der Waals surface area contributed by atoms with Gasteiger partial charge in [0.2, 0.25) is 0 Å². The average Bonchev–Trinajstić information content (AvgIpc) is 2.59. The van der Waals surface area contributed by atoms with E-state index in [1.807, 2.05) is 18.2 Å². The number of carbonyl (C=O) groups is 1. The topological polar surface area (TPSA) is 26.3 Å². The van der Waals surface area contributed by atoms with Gasteiger partial charge in [-0.1, -0.05) is 75.4 Å². The van der Waals surface area contributed by atoms with Gasteiger partial charge in [0.15, 0.2) is 5.78 Å². The van der Waals surface area contributed by atoms with Crippen LogP contribution in [-0.2, 0) is 9.53 Å². The number of Topliss-reactive ketones (excluding diaryl/α,β-unsaturated/α-hetero) is 1. The number of ketones is 1. The van der Waals surface area contributed by atoms with Gasteiger partial charge >= 0.3 is 0 Å². The summed E-state index contributed by atoms with van der Waals surface area (Å²) in [6.45, 7) is 3.39. The van der Waals surface area contributed by atoms with Crippen LogP contribution in [0.3, 0.4) is 0 Å². The molecule has 2 nitrogen and oxygen atoms in total. The normalized spacial score (nSPS) is 18.0. The summed E-state index contributed by atoms with van der Waals surface area (Å²) < 4.78 is 5.64. The van der Waals surface area contributed by atoms with Crippen LogP contribution in [0.2, 0.25) is 0 Å². The molecule has 1 aliphatic heterocycles. The van der Waals surface area contributed by atoms with Crippen LogP contribution in [0.15, 0.2) is 42.0 Å². The molecule has 1 atom stereocenters. The van der Waals surface area contributed by atoms with Crippen molar-refractivity contribution in [2.24, 2.45) is 0 Å². The fraction of sp³-hybridized carbons (Fsp3) is 0.550. The maximum atomic E-state index is 12.3. The van der Waals surface area contributed by atoms with Crippen LogP contribution >= 0.6 is 0 Å². The van der Waals surface area contributed by atoms with Crippen LogP contribution < -0.4 is 0 Å². The molecule has 22 heavy (non-hydrogen) atoms. The SMILES string of the molecule is CCCCCCCCC(=O)C1=CC(c2ccccc2)COC1. The van der Waals surface area contributed by atoms with Gasteiger partial charge in [-0.15, -0.1) is 0 Å². The van der Waals surface area contributed by atoms with Crippen molar-refractivity contribution >= 4 is 5.78 Å². The molecule has 1 aromatic carbocycles. The van der Waals surface area contributed by atoms with Crippen molar-refractivity contribution in [3.05, 3.63) is 47.5 Å². The Hall–Kier alpha value is -1.41. The Morgan fingerprint density at radius 1 is 1.09 bits per heavy atom. The first-order valence-corrected chi connectivity index (χ1v) is 8.68. The van der Waals surface area contributed by atoms with Crippen LogP contribution in [0.5, 0.6) is 0 Å². The van der Waals surface area contributed by atoms with E-state index >= 15 is 0 Å². The molecule has 0 saturated carbocycles. The highest BCUT2D eigenvalue weighted by Gasteiger charge is 2.19. The summed E-state index contributed by atoms with van der Waals surface area (Å²) in [5.41, 5.74) is 2.10. The molecule has 1 heterocycles. The Morgan fingerprint density at radius 2 is 1.82 bits per heavy atom. The van der Waals surface area contributed by atoms with E-state index in [-0.39, 0.29) is 11.7 Å². The summed E-state index contributed by atoms with van der Waals surface area (Å²) in [5, 5.41) is 0. The molecule has 1 aromatic rings. The highest BCUT2D eigenvalue weighted by Crippen LogP contribution is 2.24. The number of unbranched alkanes of at least 4 members (excludes halogenated alkanes) is 5. The zero-order valence-corrected chi connectivity index (χ0v) is 13.7. The molecular weight excluding hydrogens is 272 g/mol. The molecule has 0 saturated heterocycles. The predicted octanol–water partition coefficient (Wildman–Crippen LogP) is 5.05. The zero-order valence-electron chi connectivity index (χ0n) is 13.7. The lowest BCUT2D eigenvalue weighted by atomic mass is 9.93. The van der Waals surface area contributed by atoms with Gasteiger partial charge in [-0.3, -0.25) is 4.79 Å². The molecule has 0 aromatic heterocycles. The lowest BCUT2D eigenvalue weighted by Crippen LogP contribution is -2.19. The molecule has 0 amide bonds. The molecule has 1 unspecified atom stereocenters. The molecule has 120 valence electrons. The number of hydrogen-bond donors (Lipinski definition) is 0. The van der Waals surface area contributed by atoms with Crippen LogP contribution in [0.4, 0.5) is 0 Å². The summed E-state index contributed by atoms with van der Waals surface area (Å²) in [6.07, 6.45) is 10.1. The Morgan fingerprint density at radius 3 is 2.59 bits per heavy atom. The van der Waals surface area contributed by atoms with E-state index in [0.29, 0.717) is 19.6 Å². The van der Waals surface area contributed by atoms with E-state index in [4.69, 9.17) is 4.74 Å². The molecular formula is C20H28O2. The van der Waals surface area contributed by atoms with Crippen molar-refractivity contribution in [1.82, 2.24) is 0 Å². The smallest absolute Gasteiger partial charge is 0.160 e. The van der Waals surface area contributed by atoms with Gasteiger partial charge in [0.25, 0.3) is 0 Å². The first-order valence-electron chi connectivity index (χ1n) is 8.68. The predicted molar refractivity (Wildman–Crippen MR) is 91.1 cm³/mol. The van der Waals surface area contributed by atoms with Crippen molar-refractivity contribution in [1.29, 1.82) is 0 Å². The molecule has 0 N–H and O–H groups in total. The third-order valence-corrected chi connectivity index (χ3v) is 4.30. The maximum absolute atomic E-state index is 12.3. The Bertz CT molecular complexity index is 476. The summed E-state index contributed by atoms with van der Waals surface area (Å²) >= 11 is 0. The highest BCUT2D eigenvalue weighted by atomic mass is 16.5. The number of benzene rings is 1. The summed E-state index contributed by atoms with van der Waals surface area (Å²) in [7, 11) is 0. The van der Waals surface area contributed by atoms with Crippen molar-refractivity contribution in [2.45, 2.75) is 57.8 Å². The van der Waals surface area contributed by atoms with E-state index < -0.39 is 0 Å².